The minimum atomic E-state index is -0.446. The lowest BCUT2D eigenvalue weighted by Gasteiger charge is -2.23. The van der Waals surface area contributed by atoms with Crippen LogP contribution in [0.25, 0.3) is 0 Å². The molecule has 3 aromatic rings. The lowest BCUT2D eigenvalue weighted by molar-refractivity contribution is -0.119. The van der Waals surface area contributed by atoms with Crippen LogP contribution < -0.4 is 10.6 Å². The van der Waals surface area contributed by atoms with Crippen LogP contribution in [-0.4, -0.2) is 29.1 Å². The summed E-state index contributed by atoms with van der Waals surface area (Å²) in [6, 6.07) is 20.0. The van der Waals surface area contributed by atoms with Gasteiger partial charge in [0.25, 0.3) is 0 Å². The topological polar surface area (TPSA) is 80.3 Å². The van der Waals surface area contributed by atoms with Gasteiger partial charge in [0, 0.05) is 25.2 Å². The van der Waals surface area contributed by atoms with Crippen molar-refractivity contribution in [3.05, 3.63) is 88.4 Å². The third kappa shape index (κ3) is 8.51. The molecule has 2 amide bonds. The van der Waals surface area contributed by atoms with Crippen LogP contribution in [0.15, 0.2) is 72.4 Å². The number of nitrogens with zero attached hydrogens (tertiary/aromatic N) is 1. The van der Waals surface area contributed by atoms with E-state index in [9.17, 15) is 9.59 Å². The molecule has 1 heterocycles. The van der Waals surface area contributed by atoms with Gasteiger partial charge in [0.2, 0.25) is 5.91 Å². The van der Waals surface area contributed by atoms with Crippen LogP contribution in [-0.2, 0) is 29.0 Å². The Morgan fingerprint density at radius 2 is 1.47 bits per heavy atom. The second-order valence-corrected chi connectivity index (χ2v) is 8.71. The Bertz CT molecular complexity index is 949. The summed E-state index contributed by atoms with van der Waals surface area (Å²) in [6.07, 6.45) is 4.13. The van der Waals surface area contributed by atoms with Crippen LogP contribution in [0.1, 0.15) is 35.8 Å². The Hall–Kier alpha value is -3.19. The number of carbonyl (C=O) groups excluding carboxylic acids is 2. The molecular weight excluding hydrogens is 422 g/mol. The van der Waals surface area contributed by atoms with Crippen molar-refractivity contribution < 1.29 is 14.3 Å². The predicted molar refractivity (Wildman–Crippen MR) is 126 cm³/mol. The van der Waals surface area contributed by atoms with Gasteiger partial charge in [-0.1, -0.05) is 60.7 Å². The van der Waals surface area contributed by atoms with E-state index in [1.807, 2.05) is 48.5 Å². The number of rotatable bonds is 11. The van der Waals surface area contributed by atoms with Crippen molar-refractivity contribution in [3.8, 4) is 0 Å². The fraction of sp³-hybridized carbons (Fsp3) is 0.320. The van der Waals surface area contributed by atoms with E-state index < -0.39 is 6.09 Å². The highest BCUT2D eigenvalue weighted by Crippen LogP contribution is 2.14. The number of alkyl carbamates (subject to hydrolysis) is 1. The number of benzene rings is 2. The van der Waals surface area contributed by atoms with E-state index in [0.717, 1.165) is 23.3 Å². The molecule has 0 aliphatic rings. The third-order valence-corrected chi connectivity index (χ3v) is 5.82. The number of nitrogens with one attached hydrogen (secondary N) is 2. The Balaban J connectivity index is 1.61. The van der Waals surface area contributed by atoms with Gasteiger partial charge < -0.3 is 15.4 Å². The van der Waals surface area contributed by atoms with Gasteiger partial charge >= 0.3 is 6.09 Å². The first-order valence-corrected chi connectivity index (χ1v) is 11.6. The van der Waals surface area contributed by atoms with E-state index >= 15 is 0 Å². The van der Waals surface area contributed by atoms with Gasteiger partial charge in [0.15, 0.2) is 0 Å². The van der Waals surface area contributed by atoms with E-state index in [4.69, 9.17) is 4.74 Å². The summed E-state index contributed by atoms with van der Waals surface area (Å²) < 4.78 is 5.37. The molecule has 168 valence electrons. The predicted octanol–water partition coefficient (Wildman–Crippen LogP) is 4.51. The van der Waals surface area contributed by atoms with Gasteiger partial charge in [-0.25, -0.2) is 4.79 Å². The molecule has 2 N–H and O–H groups in total. The molecule has 6 nitrogen and oxygen atoms in total. The van der Waals surface area contributed by atoms with Crippen LogP contribution in [0.2, 0.25) is 0 Å². The minimum Gasteiger partial charge on any atom is -0.444 e. The molecule has 0 aliphatic carbocycles. The molecule has 7 heteroatoms. The number of amides is 2. The van der Waals surface area contributed by atoms with E-state index in [2.05, 4.69) is 27.8 Å². The number of ether oxygens (including phenoxy) is 1. The smallest absolute Gasteiger partial charge is 0.407 e. The first kappa shape index (κ1) is 23.5. The molecule has 0 radical (unpaired) electrons. The lowest BCUT2D eigenvalue weighted by atomic mass is 9.96. The summed E-state index contributed by atoms with van der Waals surface area (Å²) in [4.78, 5) is 29.1. The Kier molecular flexibility index (Phi) is 9.25. The monoisotopic (exact) mass is 451 g/mol. The highest BCUT2D eigenvalue weighted by atomic mass is 32.1. The van der Waals surface area contributed by atoms with E-state index in [1.165, 1.54) is 23.8 Å². The van der Waals surface area contributed by atoms with Gasteiger partial charge in [0.05, 0.1) is 10.4 Å². The third-order valence-electron chi connectivity index (χ3n) is 5.07. The van der Waals surface area contributed by atoms with Crippen LogP contribution in [0.3, 0.4) is 0 Å². The highest BCUT2D eigenvalue weighted by molar-refractivity contribution is 7.09. The fourth-order valence-corrected chi connectivity index (χ4v) is 4.10. The number of hydrogen-bond acceptors (Lipinski definition) is 5. The maximum Gasteiger partial charge on any atom is 0.407 e. The van der Waals surface area contributed by atoms with Crippen molar-refractivity contribution in [2.45, 2.75) is 51.3 Å². The van der Waals surface area contributed by atoms with Crippen molar-refractivity contribution in [2.75, 3.05) is 0 Å². The maximum absolute atomic E-state index is 12.4. The molecule has 2 aromatic carbocycles. The maximum atomic E-state index is 12.4. The largest absolute Gasteiger partial charge is 0.444 e. The van der Waals surface area contributed by atoms with Crippen molar-refractivity contribution in [1.82, 2.24) is 15.6 Å². The van der Waals surface area contributed by atoms with E-state index in [-0.39, 0.29) is 24.6 Å². The fourth-order valence-electron chi connectivity index (χ4n) is 3.60. The molecule has 0 aliphatic heterocycles. The van der Waals surface area contributed by atoms with Gasteiger partial charge in [-0.05, 0) is 36.8 Å². The molecule has 0 bridgehead atoms. The summed E-state index contributed by atoms with van der Waals surface area (Å²) in [6.45, 7) is 1.74. The summed E-state index contributed by atoms with van der Waals surface area (Å²) in [5.41, 5.74) is 4.02. The van der Waals surface area contributed by atoms with Gasteiger partial charge in [0.1, 0.15) is 6.61 Å². The normalized spacial score (nSPS) is 12.5. The zero-order chi connectivity index (χ0) is 22.6. The summed E-state index contributed by atoms with van der Waals surface area (Å²) in [5, 5.41) is 6.07. The average molecular weight is 452 g/mol. The molecule has 1 aromatic heterocycles. The number of carbonyl (C=O) groups is 2. The van der Waals surface area contributed by atoms with Crippen molar-refractivity contribution in [2.24, 2.45) is 0 Å². The molecule has 0 unspecified atom stereocenters. The summed E-state index contributed by atoms with van der Waals surface area (Å²) in [5.74, 6) is -0.0533. The number of aromatic nitrogens is 1. The minimum absolute atomic E-state index is 0.0109. The quantitative estimate of drug-likeness (QED) is 0.450. The van der Waals surface area contributed by atoms with Crippen LogP contribution in [0, 0.1) is 0 Å². The van der Waals surface area contributed by atoms with E-state index in [1.54, 1.807) is 11.7 Å². The van der Waals surface area contributed by atoms with Gasteiger partial charge in [-0.2, -0.15) is 0 Å². The first-order chi connectivity index (χ1) is 15.6. The van der Waals surface area contributed by atoms with Crippen LogP contribution in [0.4, 0.5) is 4.79 Å². The SMILES string of the molecule is CC(=O)N[C@@H](CC[C@@H](Cc1ccccc1)NC(=O)OCc1cncs1)Cc1ccccc1. The van der Waals surface area contributed by atoms with Gasteiger partial charge in [-0.3, -0.25) is 9.78 Å². The number of hydrogen-bond donors (Lipinski definition) is 2. The molecular formula is C25H29N3O3S. The molecule has 0 fully saturated rings. The van der Waals surface area contributed by atoms with Crippen molar-refractivity contribution >= 4 is 23.3 Å². The Morgan fingerprint density at radius 3 is 1.97 bits per heavy atom. The molecule has 0 saturated heterocycles. The van der Waals surface area contributed by atoms with Crippen molar-refractivity contribution in [3.63, 3.8) is 0 Å². The lowest BCUT2D eigenvalue weighted by Crippen LogP contribution is -2.40. The molecule has 2 atom stereocenters. The average Bonchev–Trinajstić information content (AvgIpc) is 3.31. The molecule has 32 heavy (non-hydrogen) atoms. The zero-order valence-corrected chi connectivity index (χ0v) is 19.0. The first-order valence-electron chi connectivity index (χ1n) is 10.7. The van der Waals surface area contributed by atoms with E-state index in [0.29, 0.717) is 12.8 Å². The molecule has 0 saturated carbocycles. The summed E-state index contributed by atoms with van der Waals surface area (Å²) in [7, 11) is 0. The molecule has 3 rings (SSSR count). The Labute approximate surface area is 193 Å². The number of thiazole rings is 1. The van der Waals surface area contributed by atoms with Crippen molar-refractivity contribution in [1.29, 1.82) is 0 Å². The zero-order valence-electron chi connectivity index (χ0n) is 18.2. The highest BCUT2D eigenvalue weighted by Gasteiger charge is 2.18. The summed E-state index contributed by atoms with van der Waals surface area (Å²) >= 11 is 1.45. The second-order valence-electron chi connectivity index (χ2n) is 7.74. The standard InChI is InChI=1S/C25H29N3O3S/c1-19(29)27-22(14-20-8-4-2-5-9-20)12-13-23(15-21-10-6-3-7-11-21)28-25(30)31-17-24-16-26-18-32-24/h2-11,16,18,22-23H,12-15,17H2,1H3,(H,27,29)(H,28,30)/t22-,23-/m0/s1. The van der Waals surface area contributed by atoms with Crippen LogP contribution in [0.5, 0.6) is 0 Å². The Morgan fingerprint density at radius 1 is 0.906 bits per heavy atom. The van der Waals surface area contributed by atoms with Crippen LogP contribution >= 0.6 is 11.3 Å². The molecule has 0 spiro atoms. The second kappa shape index (κ2) is 12.6. The van der Waals surface area contributed by atoms with Gasteiger partial charge in [-0.15, -0.1) is 11.3 Å².